The van der Waals surface area contributed by atoms with Gasteiger partial charge in [-0.3, -0.25) is 14.4 Å². The van der Waals surface area contributed by atoms with Crippen molar-refractivity contribution in [2.24, 2.45) is 11.8 Å². The van der Waals surface area contributed by atoms with Gasteiger partial charge in [0.2, 0.25) is 11.8 Å². The Balaban J connectivity index is 1.47. The van der Waals surface area contributed by atoms with E-state index >= 15 is 0 Å². The highest BCUT2D eigenvalue weighted by Crippen LogP contribution is 2.36. The van der Waals surface area contributed by atoms with Crippen molar-refractivity contribution >= 4 is 40.2 Å². The third-order valence-corrected chi connectivity index (χ3v) is 7.04. The quantitative estimate of drug-likeness (QED) is 0.405. The maximum atomic E-state index is 14.1. The summed E-state index contributed by atoms with van der Waals surface area (Å²) in [6.07, 6.45) is 3.10. The summed E-state index contributed by atoms with van der Waals surface area (Å²) >= 11 is 5.98. The van der Waals surface area contributed by atoms with E-state index in [4.69, 9.17) is 16.3 Å². The van der Waals surface area contributed by atoms with Crippen molar-refractivity contribution in [3.63, 3.8) is 0 Å². The van der Waals surface area contributed by atoms with E-state index in [-0.39, 0.29) is 40.3 Å². The molecule has 4 N–H and O–H groups in total. The van der Waals surface area contributed by atoms with Crippen LogP contribution in [0.5, 0.6) is 5.75 Å². The number of carbonyl (C=O) groups excluding carboxylic acids is 3. The molecule has 1 aliphatic carbocycles. The molecule has 3 atom stereocenters. The molecule has 0 spiro atoms. The van der Waals surface area contributed by atoms with Crippen molar-refractivity contribution in [3.05, 3.63) is 28.7 Å². The minimum Gasteiger partial charge on any atom is -0.494 e. The maximum absolute atomic E-state index is 14.1. The first kappa shape index (κ1) is 25.8. The monoisotopic (exact) mass is 517 g/mol. The zero-order valence-electron chi connectivity index (χ0n) is 20.3. The molecule has 36 heavy (non-hydrogen) atoms. The van der Waals surface area contributed by atoms with E-state index in [2.05, 4.69) is 27.0 Å². The van der Waals surface area contributed by atoms with Crippen LogP contribution in [0, 0.1) is 29.0 Å². The summed E-state index contributed by atoms with van der Waals surface area (Å²) in [4.78, 5) is 41.2. The van der Waals surface area contributed by atoms with Gasteiger partial charge in [-0.1, -0.05) is 24.4 Å². The number of aromatic amines is 1. The number of methoxy groups -OCH3 is 1. The van der Waals surface area contributed by atoms with Crippen LogP contribution in [-0.2, 0) is 9.59 Å². The van der Waals surface area contributed by atoms with E-state index in [1.165, 1.54) is 19.2 Å². The van der Waals surface area contributed by atoms with Gasteiger partial charge in [0.05, 0.1) is 18.7 Å². The van der Waals surface area contributed by atoms with E-state index in [1.54, 1.807) is 0 Å². The summed E-state index contributed by atoms with van der Waals surface area (Å²) < 4.78 is 19.3. The minimum atomic E-state index is -0.872. The number of ether oxygens (including phenoxy) is 1. The Morgan fingerprint density at radius 1 is 1.31 bits per heavy atom. The minimum absolute atomic E-state index is 0.102. The normalized spacial score (nSPS) is 20.3. The summed E-state index contributed by atoms with van der Waals surface area (Å²) in [5.41, 5.74) is 0.0774. The number of nitriles is 1. The van der Waals surface area contributed by atoms with Crippen LogP contribution in [0.2, 0.25) is 5.02 Å². The molecular weight excluding hydrogens is 489 g/mol. The lowest BCUT2D eigenvalue weighted by Gasteiger charge is -2.21. The number of hydrogen-bond donors (Lipinski definition) is 4. The highest BCUT2D eigenvalue weighted by atomic mass is 35.5. The lowest BCUT2D eigenvalue weighted by atomic mass is 9.92. The largest absolute Gasteiger partial charge is 0.494 e. The smallest absolute Gasteiger partial charge is 0.268 e. The number of nitrogens with one attached hydrogen (secondary N) is 4. The van der Waals surface area contributed by atoms with Crippen LogP contribution in [0.15, 0.2) is 12.1 Å². The third-order valence-electron chi connectivity index (χ3n) is 6.69. The Hall–Kier alpha value is -3.32. The molecule has 0 radical (unpaired) electrons. The summed E-state index contributed by atoms with van der Waals surface area (Å²) in [5, 5.41) is 18.2. The van der Waals surface area contributed by atoms with Gasteiger partial charge in [-0.05, 0) is 51.2 Å². The third kappa shape index (κ3) is 5.57. The van der Waals surface area contributed by atoms with Crippen LogP contribution in [0.3, 0.4) is 0 Å². The van der Waals surface area contributed by atoms with Crippen molar-refractivity contribution in [2.45, 2.75) is 63.6 Å². The molecule has 1 aliphatic heterocycles. The summed E-state index contributed by atoms with van der Waals surface area (Å²) in [6, 6.07) is 2.98. The number of halogens is 2. The fourth-order valence-electron chi connectivity index (χ4n) is 4.75. The number of amides is 3. The second kappa shape index (κ2) is 9.97. The fraction of sp³-hybridized carbons (Fsp3) is 0.520. The van der Waals surface area contributed by atoms with Gasteiger partial charge in [0, 0.05) is 16.8 Å². The van der Waals surface area contributed by atoms with Gasteiger partial charge in [-0.15, -0.1) is 0 Å². The molecule has 2 aromatic rings. The number of aromatic nitrogens is 1. The molecule has 2 aliphatic rings. The number of fused-ring (bicyclic) bond motifs is 1. The van der Waals surface area contributed by atoms with Crippen LogP contribution < -0.4 is 20.7 Å². The standard InChI is InChI=1S/C25H29ClFN5O4/c1-25(2)10-13(22(33)32-25)7-14(11-28)29-23(34)18(6-12-4-5-12)31-24(35)19-8-15-17(30-19)9-16(27)20(26)21(15)36-3/h8-9,12-14,18,30H,4-7,10H2,1-3H3,(H,29,34)(H,31,35)(H,32,33)/t13-,14+,18?/m1/s1. The second-order valence-electron chi connectivity index (χ2n) is 10.3. The molecule has 9 nitrogen and oxygen atoms in total. The number of nitrogens with zero attached hydrogens (tertiary/aromatic N) is 1. The van der Waals surface area contributed by atoms with Crippen molar-refractivity contribution < 1.29 is 23.5 Å². The van der Waals surface area contributed by atoms with Gasteiger partial charge < -0.3 is 25.7 Å². The van der Waals surface area contributed by atoms with Gasteiger partial charge in [0.25, 0.3) is 5.91 Å². The van der Waals surface area contributed by atoms with E-state index in [0.29, 0.717) is 29.7 Å². The molecule has 1 saturated carbocycles. The first-order chi connectivity index (χ1) is 17.0. The average molecular weight is 518 g/mol. The summed E-state index contributed by atoms with van der Waals surface area (Å²) in [6.45, 7) is 3.82. The highest BCUT2D eigenvalue weighted by Gasteiger charge is 2.39. The molecule has 2 heterocycles. The molecule has 0 bridgehead atoms. The SMILES string of the molecule is COc1c(Cl)c(F)cc2[nH]c(C(=O)NC(CC3CC3)C(=O)N[C@H](C#N)C[C@@H]3CC(C)(C)NC3=O)cc12. The lowest BCUT2D eigenvalue weighted by molar-refractivity contribution is -0.125. The van der Waals surface area contributed by atoms with Crippen LogP contribution in [0.25, 0.3) is 10.9 Å². The second-order valence-corrected chi connectivity index (χ2v) is 10.6. The molecule has 192 valence electrons. The highest BCUT2D eigenvalue weighted by molar-refractivity contribution is 6.33. The van der Waals surface area contributed by atoms with Gasteiger partial charge in [0.15, 0.2) is 0 Å². The topological polar surface area (TPSA) is 136 Å². The van der Waals surface area contributed by atoms with Crippen molar-refractivity contribution in [1.82, 2.24) is 20.9 Å². The van der Waals surface area contributed by atoms with E-state index in [0.717, 1.165) is 12.8 Å². The fourth-order valence-corrected chi connectivity index (χ4v) is 4.99. The van der Waals surface area contributed by atoms with Gasteiger partial charge in [-0.25, -0.2) is 4.39 Å². The molecule has 1 saturated heterocycles. The Morgan fingerprint density at radius 3 is 2.61 bits per heavy atom. The zero-order valence-corrected chi connectivity index (χ0v) is 21.1. The van der Waals surface area contributed by atoms with Crippen molar-refractivity contribution in [3.8, 4) is 11.8 Å². The van der Waals surface area contributed by atoms with Crippen molar-refractivity contribution in [1.29, 1.82) is 5.26 Å². The van der Waals surface area contributed by atoms with E-state index in [9.17, 15) is 24.0 Å². The van der Waals surface area contributed by atoms with E-state index in [1.807, 2.05) is 13.8 Å². The van der Waals surface area contributed by atoms with E-state index < -0.39 is 29.7 Å². The molecule has 1 aromatic heterocycles. The molecular formula is C25H29ClFN5O4. The first-order valence-corrected chi connectivity index (χ1v) is 12.3. The predicted molar refractivity (Wildman–Crippen MR) is 131 cm³/mol. The summed E-state index contributed by atoms with van der Waals surface area (Å²) in [5.74, 6) is -1.84. The molecule has 1 aromatic carbocycles. The van der Waals surface area contributed by atoms with Crippen LogP contribution in [0.1, 0.15) is 56.4 Å². The van der Waals surface area contributed by atoms with Gasteiger partial charge >= 0.3 is 0 Å². The Labute approximate surface area is 213 Å². The first-order valence-electron chi connectivity index (χ1n) is 11.9. The zero-order chi connectivity index (χ0) is 26.2. The maximum Gasteiger partial charge on any atom is 0.268 e. The average Bonchev–Trinajstić information content (AvgIpc) is 3.47. The Bertz CT molecular complexity index is 1250. The molecule has 2 fully saturated rings. The molecule has 4 rings (SSSR count). The van der Waals surface area contributed by atoms with Crippen molar-refractivity contribution in [2.75, 3.05) is 7.11 Å². The number of benzene rings is 1. The number of rotatable bonds is 9. The Morgan fingerprint density at radius 2 is 2.03 bits per heavy atom. The summed E-state index contributed by atoms with van der Waals surface area (Å²) in [7, 11) is 1.35. The van der Waals surface area contributed by atoms with Crippen LogP contribution >= 0.6 is 11.6 Å². The molecule has 1 unspecified atom stereocenters. The number of hydrogen-bond acceptors (Lipinski definition) is 5. The van der Waals surface area contributed by atoms with Crippen LogP contribution in [0.4, 0.5) is 4.39 Å². The van der Waals surface area contributed by atoms with Crippen LogP contribution in [-0.4, -0.2) is 47.4 Å². The number of carbonyl (C=O) groups is 3. The number of H-pyrrole nitrogens is 1. The van der Waals surface area contributed by atoms with Gasteiger partial charge in [-0.2, -0.15) is 5.26 Å². The molecule has 3 amide bonds. The Kier molecular flexibility index (Phi) is 7.14. The van der Waals surface area contributed by atoms with Gasteiger partial charge in [0.1, 0.15) is 34.4 Å². The lowest BCUT2D eigenvalue weighted by Crippen LogP contribution is -2.50. The molecule has 11 heteroatoms. The predicted octanol–water partition coefficient (Wildman–Crippen LogP) is 3.18.